The molecule has 2 amide bonds. The van der Waals surface area contributed by atoms with Crippen molar-refractivity contribution >= 4 is 28.5 Å². The smallest absolute Gasteiger partial charge is 0.247 e. The number of nitrogens with zero attached hydrogens (tertiary/aromatic N) is 5. The van der Waals surface area contributed by atoms with Crippen molar-refractivity contribution in [3.05, 3.63) is 89.7 Å². The van der Waals surface area contributed by atoms with Crippen LogP contribution in [-0.4, -0.2) is 65.1 Å². The molecule has 40 heavy (non-hydrogen) atoms. The van der Waals surface area contributed by atoms with E-state index in [4.69, 9.17) is 4.74 Å². The lowest BCUT2D eigenvalue weighted by Gasteiger charge is -2.32. The summed E-state index contributed by atoms with van der Waals surface area (Å²) in [6.45, 7) is 1.01. The maximum absolute atomic E-state index is 14.0. The largest absolute Gasteiger partial charge is 0.378 e. The van der Waals surface area contributed by atoms with E-state index in [1.807, 2.05) is 67.5 Å². The van der Waals surface area contributed by atoms with Gasteiger partial charge in [0.25, 0.3) is 0 Å². The lowest BCUT2D eigenvalue weighted by Crippen LogP contribution is -2.46. The van der Waals surface area contributed by atoms with Crippen molar-refractivity contribution < 1.29 is 18.7 Å². The van der Waals surface area contributed by atoms with Crippen molar-refractivity contribution in [2.45, 2.75) is 38.1 Å². The standard InChI is InChI=1S/C30H33FN6O3/c1-35(2)24-15-11-22(12-16-24)29(30(39)32-18-25-6-5-17-40-25)36(19-21-9-13-23(31)14-10-21)28(38)20-37-27-8-4-3-7-26(27)33-34-37/h3-4,7-16,25,29H,5-6,17-20H2,1-2H3,(H,32,39)/t25-,29+/m1/s1. The van der Waals surface area contributed by atoms with E-state index in [9.17, 15) is 14.0 Å². The monoisotopic (exact) mass is 544 g/mol. The van der Waals surface area contributed by atoms with Gasteiger partial charge >= 0.3 is 0 Å². The Labute approximate surface area is 232 Å². The number of hydrogen-bond acceptors (Lipinski definition) is 6. The summed E-state index contributed by atoms with van der Waals surface area (Å²) < 4.78 is 20.9. The van der Waals surface area contributed by atoms with Gasteiger partial charge < -0.3 is 19.9 Å². The Morgan fingerprint density at radius 3 is 2.52 bits per heavy atom. The van der Waals surface area contributed by atoms with Crippen LogP contribution in [0.25, 0.3) is 11.0 Å². The number of halogens is 1. The number of hydrogen-bond donors (Lipinski definition) is 1. The van der Waals surface area contributed by atoms with Crippen LogP contribution in [0.4, 0.5) is 10.1 Å². The number of carbonyl (C=O) groups is 2. The first-order chi connectivity index (χ1) is 19.4. The molecule has 1 aromatic heterocycles. The zero-order valence-electron chi connectivity index (χ0n) is 22.7. The predicted molar refractivity (Wildman–Crippen MR) is 150 cm³/mol. The highest BCUT2D eigenvalue weighted by atomic mass is 19.1. The number of para-hydroxylation sites is 1. The number of fused-ring (bicyclic) bond motifs is 1. The van der Waals surface area contributed by atoms with E-state index < -0.39 is 6.04 Å². The second-order valence-electron chi connectivity index (χ2n) is 10.2. The summed E-state index contributed by atoms with van der Waals surface area (Å²) in [7, 11) is 3.88. The number of carbonyl (C=O) groups excluding carboxylic acids is 2. The Hall–Kier alpha value is -4.31. The van der Waals surface area contributed by atoms with Crippen molar-refractivity contribution in [1.29, 1.82) is 0 Å². The topological polar surface area (TPSA) is 92.6 Å². The SMILES string of the molecule is CN(C)c1ccc([C@@H](C(=O)NC[C@H]2CCCO2)N(Cc2ccc(F)cc2)C(=O)Cn2nnc3ccccc32)cc1. The summed E-state index contributed by atoms with van der Waals surface area (Å²) in [4.78, 5) is 31.4. The van der Waals surface area contributed by atoms with Gasteiger partial charge in [0.1, 0.15) is 23.9 Å². The highest BCUT2D eigenvalue weighted by Crippen LogP contribution is 2.27. The quantitative estimate of drug-likeness (QED) is 0.327. The van der Waals surface area contributed by atoms with Crippen molar-refractivity contribution in [3.63, 3.8) is 0 Å². The second-order valence-corrected chi connectivity index (χ2v) is 10.2. The summed E-state index contributed by atoms with van der Waals surface area (Å²) in [5, 5.41) is 11.4. The van der Waals surface area contributed by atoms with E-state index in [1.54, 1.807) is 12.1 Å². The summed E-state index contributed by atoms with van der Waals surface area (Å²) in [5.41, 5.74) is 3.71. The Morgan fingerprint density at radius 1 is 1.07 bits per heavy atom. The third-order valence-electron chi connectivity index (χ3n) is 7.10. The van der Waals surface area contributed by atoms with Gasteiger partial charge in [0.15, 0.2) is 0 Å². The second kappa shape index (κ2) is 12.3. The van der Waals surface area contributed by atoms with Crippen LogP contribution in [0.3, 0.4) is 0 Å². The summed E-state index contributed by atoms with van der Waals surface area (Å²) in [6, 6.07) is 19.9. The zero-order valence-corrected chi connectivity index (χ0v) is 22.7. The third kappa shape index (κ3) is 6.28. The molecule has 1 fully saturated rings. The van der Waals surface area contributed by atoms with Gasteiger partial charge in [-0.15, -0.1) is 5.10 Å². The van der Waals surface area contributed by atoms with Crippen LogP contribution in [-0.2, 0) is 27.4 Å². The van der Waals surface area contributed by atoms with Gasteiger partial charge in [0.05, 0.1) is 11.6 Å². The van der Waals surface area contributed by atoms with E-state index in [2.05, 4.69) is 15.6 Å². The van der Waals surface area contributed by atoms with Crippen LogP contribution >= 0.6 is 0 Å². The molecule has 0 unspecified atom stereocenters. The van der Waals surface area contributed by atoms with Crippen LogP contribution in [0, 0.1) is 5.82 Å². The van der Waals surface area contributed by atoms with E-state index in [0.717, 1.165) is 18.5 Å². The van der Waals surface area contributed by atoms with Crippen molar-refractivity contribution in [2.75, 3.05) is 32.1 Å². The van der Waals surface area contributed by atoms with Crippen LogP contribution in [0.15, 0.2) is 72.8 Å². The average molecular weight is 545 g/mol. The van der Waals surface area contributed by atoms with Crippen molar-refractivity contribution in [2.24, 2.45) is 0 Å². The van der Waals surface area contributed by atoms with Gasteiger partial charge in [0, 0.05) is 39.5 Å². The lowest BCUT2D eigenvalue weighted by atomic mass is 10.0. The van der Waals surface area contributed by atoms with E-state index >= 15 is 0 Å². The molecule has 10 heteroatoms. The van der Waals surface area contributed by atoms with Gasteiger partial charge in [-0.1, -0.05) is 41.6 Å². The van der Waals surface area contributed by atoms with Crippen LogP contribution in [0.2, 0.25) is 0 Å². The molecule has 2 atom stereocenters. The summed E-state index contributed by atoms with van der Waals surface area (Å²) in [6.07, 6.45) is 1.78. The van der Waals surface area contributed by atoms with Crippen LogP contribution in [0.5, 0.6) is 0 Å². The molecule has 1 aliphatic rings. The molecule has 0 bridgehead atoms. The lowest BCUT2D eigenvalue weighted by molar-refractivity contribution is -0.142. The van der Waals surface area contributed by atoms with Gasteiger partial charge in [-0.25, -0.2) is 9.07 Å². The third-order valence-corrected chi connectivity index (χ3v) is 7.10. The molecule has 1 aliphatic heterocycles. The maximum Gasteiger partial charge on any atom is 0.247 e. The van der Waals surface area contributed by atoms with Gasteiger partial charge in [0.2, 0.25) is 11.8 Å². The minimum absolute atomic E-state index is 0.0523. The van der Waals surface area contributed by atoms with Crippen LogP contribution < -0.4 is 10.2 Å². The van der Waals surface area contributed by atoms with Crippen molar-refractivity contribution in [3.8, 4) is 0 Å². The predicted octanol–water partition coefficient (Wildman–Crippen LogP) is 3.70. The first kappa shape index (κ1) is 27.3. The molecule has 2 heterocycles. The van der Waals surface area contributed by atoms with E-state index in [-0.39, 0.29) is 36.8 Å². The fourth-order valence-corrected chi connectivity index (χ4v) is 4.91. The number of amides is 2. The average Bonchev–Trinajstić information content (AvgIpc) is 3.63. The number of ether oxygens (including phenoxy) is 1. The van der Waals surface area contributed by atoms with Gasteiger partial charge in [-0.2, -0.15) is 0 Å². The minimum Gasteiger partial charge on any atom is -0.378 e. The first-order valence-corrected chi connectivity index (χ1v) is 13.4. The molecule has 208 valence electrons. The number of aromatic nitrogens is 3. The number of benzene rings is 3. The van der Waals surface area contributed by atoms with E-state index in [1.165, 1.54) is 21.7 Å². The molecule has 4 aromatic rings. The zero-order chi connectivity index (χ0) is 28.1. The Morgan fingerprint density at radius 2 is 1.82 bits per heavy atom. The first-order valence-electron chi connectivity index (χ1n) is 13.4. The Balaban J connectivity index is 1.50. The minimum atomic E-state index is -0.940. The number of anilines is 1. The summed E-state index contributed by atoms with van der Waals surface area (Å²) in [5.74, 6) is -1.01. The fourth-order valence-electron chi connectivity index (χ4n) is 4.91. The van der Waals surface area contributed by atoms with E-state index in [0.29, 0.717) is 35.3 Å². The maximum atomic E-state index is 14.0. The molecule has 9 nitrogen and oxygen atoms in total. The normalized spacial score (nSPS) is 15.6. The fraction of sp³-hybridized carbons (Fsp3) is 0.333. The molecule has 0 radical (unpaired) electrons. The highest BCUT2D eigenvalue weighted by Gasteiger charge is 2.33. The van der Waals surface area contributed by atoms with Gasteiger partial charge in [-0.3, -0.25) is 9.59 Å². The molecule has 1 N–H and O–H groups in total. The number of nitrogens with one attached hydrogen (secondary N) is 1. The van der Waals surface area contributed by atoms with Crippen LogP contribution in [0.1, 0.15) is 30.0 Å². The van der Waals surface area contributed by atoms with Crippen molar-refractivity contribution in [1.82, 2.24) is 25.2 Å². The molecule has 0 aliphatic carbocycles. The molecular weight excluding hydrogens is 511 g/mol. The Bertz CT molecular complexity index is 1450. The highest BCUT2D eigenvalue weighted by molar-refractivity contribution is 5.89. The molecular formula is C30H33FN6O3. The molecule has 3 aromatic carbocycles. The molecule has 0 saturated carbocycles. The molecule has 1 saturated heterocycles. The number of rotatable bonds is 10. The van der Waals surface area contributed by atoms with Gasteiger partial charge in [-0.05, 0) is 60.4 Å². The summed E-state index contributed by atoms with van der Waals surface area (Å²) >= 11 is 0. The Kier molecular flexibility index (Phi) is 8.35. The molecule has 5 rings (SSSR count). The molecule has 0 spiro atoms.